The molecule has 4 aliphatic rings. The van der Waals surface area contributed by atoms with Crippen LogP contribution in [0.4, 0.5) is 0 Å². The molecule has 0 heterocycles. The van der Waals surface area contributed by atoms with Crippen LogP contribution in [0.5, 0.6) is 0 Å². The number of esters is 1. The van der Waals surface area contributed by atoms with Crippen molar-refractivity contribution in [3.63, 3.8) is 0 Å². The van der Waals surface area contributed by atoms with Gasteiger partial charge in [-0.15, -0.1) is 0 Å². The molecular weight excluding hydrogens is 212 g/mol. The van der Waals surface area contributed by atoms with Crippen molar-refractivity contribution in [2.75, 3.05) is 7.11 Å². The molecule has 2 nitrogen and oxygen atoms in total. The second-order valence-corrected chi connectivity index (χ2v) is 6.90. The number of carbonyl (C=O) groups is 1. The van der Waals surface area contributed by atoms with E-state index in [1.54, 1.807) is 0 Å². The van der Waals surface area contributed by atoms with Crippen LogP contribution in [0.1, 0.15) is 32.6 Å². The lowest BCUT2D eigenvalue weighted by Gasteiger charge is -2.43. The van der Waals surface area contributed by atoms with E-state index in [4.69, 9.17) is 4.74 Å². The number of allylic oxidation sites excluding steroid dienone is 2. The zero-order valence-electron chi connectivity index (χ0n) is 10.6. The standard InChI is InChI=1S/C15H20O2/c1-14(13(16)17-2)5-4-10-12-9-3-6-15(10,7-9)8-11(12)14/h3,6,9-12H,4-5,7-8H2,1-2H3. The first-order valence-electron chi connectivity index (χ1n) is 6.88. The van der Waals surface area contributed by atoms with Crippen LogP contribution in [0.2, 0.25) is 0 Å². The van der Waals surface area contributed by atoms with Crippen molar-refractivity contribution in [2.45, 2.75) is 32.6 Å². The maximum atomic E-state index is 12.1. The van der Waals surface area contributed by atoms with Gasteiger partial charge in [0.25, 0.3) is 0 Å². The van der Waals surface area contributed by atoms with E-state index in [1.165, 1.54) is 26.4 Å². The molecule has 4 aliphatic carbocycles. The van der Waals surface area contributed by atoms with E-state index < -0.39 is 0 Å². The van der Waals surface area contributed by atoms with Crippen molar-refractivity contribution in [1.82, 2.24) is 0 Å². The number of carbonyl (C=O) groups excluding carboxylic acids is 1. The van der Waals surface area contributed by atoms with Gasteiger partial charge in [0.05, 0.1) is 12.5 Å². The third-order valence-electron chi connectivity index (χ3n) is 6.50. The van der Waals surface area contributed by atoms with Crippen molar-refractivity contribution < 1.29 is 9.53 Å². The number of fused-ring (bicyclic) bond motifs is 1. The fourth-order valence-corrected chi connectivity index (χ4v) is 5.80. The summed E-state index contributed by atoms with van der Waals surface area (Å²) < 4.78 is 5.08. The average molecular weight is 232 g/mol. The Morgan fingerprint density at radius 3 is 2.94 bits per heavy atom. The third-order valence-corrected chi connectivity index (χ3v) is 6.50. The van der Waals surface area contributed by atoms with Crippen molar-refractivity contribution >= 4 is 5.97 Å². The number of rotatable bonds is 1. The van der Waals surface area contributed by atoms with Gasteiger partial charge in [0, 0.05) is 0 Å². The second-order valence-electron chi connectivity index (χ2n) is 6.90. The predicted octanol–water partition coefficient (Wildman–Crippen LogP) is 2.79. The maximum absolute atomic E-state index is 12.1. The summed E-state index contributed by atoms with van der Waals surface area (Å²) in [5, 5.41) is 0. The molecule has 1 spiro atoms. The average Bonchev–Trinajstić information content (AvgIpc) is 2.92. The Hall–Kier alpha value is -0.790. The van der Waals surface area contributed by atoms with Gasteiger partial charge in [0.1, 0.15) is 0 Å². The summed E-state index contributed by atoms with van der Waals surface area (Å²) in [5.74, 6) is 3.02. The summed E-state index contributed by atoms with van der Waals surface area (Å²) in [6.07, 6.45) is 9.80. The van der Waals surface area contributed by atoms with Gasteiger partial charge < -0.3 is 4.74 Å². The first-order chi connectivity index (χ1) is 8.11. The van der Waals surface area contributed by atoms with E-state index in [1.807, 2.05) is 0 Å². The SMILES string of the molecule is COC(=O)C1(C)CCC2C3C4C=CC2(C4)CC31. The molecule has 3 fully saturated rings. The predicted molar refractivity (Wildman–Crippen MR) is 64.1 cm³/mol. The molecule has 0 amide bonds. The molecule has 0 aromatic carbocycles. The minimum Gasteiger partial charge on any atom is -0.469 e. The fraction of sp³-hybridized carbons (Fsp3) is 0.800. The van der Waals surface area contributed by atoms with Gasteiger partial charge in [0.15, 0.2) is 0 Å². The lowest BCUT2D eigenvalue weighted by molar-refractivity contribution is -0.159. The van der Waals surface area contributed by atoms with E-state index in [9.17, 15) is 4.79 Å². The smallest absolute Gasteiger partial charge is 0.311 e. The molecule has 2 heteroatoms. The Morgan fingerprint density at radius 2 is 2.18 bits per heavy atom. The van der Waals surface area contributed by atoms with Crippen LogP contribution >= 0.6 is 0 Å². The third kappa shape index (κ3) is 0.937. The van der Waals surface area contributed by atoms with Crippen LogP contribution in [-0.4, -0.2) is 13.1 Å². The second kappa shape index (κ2) is 2.78. The largest absolute Gasteiger partial charge is 0.469 e. The number of ether oxygens (including phenoxy) is 1. The quantitative estimate of drug-likeness (QED) is 0.513. The molecule has 0 radical (unpaired) electrons. The van der Waals surface area contributed by atoms with Gasteiger partial charge in [-0.25, -0.2) is 0 Å². The highest BCUT2D eigenvalue weighted by Gasteiger charge is 2.69. The minimum absolute atomic E-state index is 0.0318. The highest BCUT2D eigenvalue weighted by atomic mass is 16.5. The molecule has 92 valence electrons. The zero-order valence-corrected chi connectivity index (χ0v) is 10.6. The lowest BCUT2D eigenvalue weighted by atomic mass is 9.60. The van der Waals surface area contributed by atoms with Gasteiger partial charge in [-0.3, -0.25) is 4.79 Å². The van der Waals surface area contributed by atoms with E-state index in [-0.39, 0.29) is 11.4 Å². The lowest BCUT2D eigenvalue weighted by Crippen LogP contribution is -2.44. The van der Waals surface area contributed by atoms with Crippen molar-refractivity contribution in [1.29, 1.82) is 0 Å². The molecule has 0 aromatic rings. The van der Waals surface area contributed by atoms with Crippen LogP contribution in [0.15, 0.2) is 12.2 Å². The Bertz CT molecular complexity index is 427. The van der Waals surface area contributed by atoms with E-state index >= 15 is 0 Å². The monoisotopic (exact) mass is 232 g/mol. The van der Waals surface area contributed by atoms with Crippen LogP contribution in [0.25, 0.3) is 0 Å². The molecule has 4 rings (SSSR count). The molecule has 3 saturated carbocycles. The van der Waals surface area contributed by atoms with E-state index in [0.29, 0.717) is 11.3 Å². The molecular formula is C15H20O2. The zero-order chi connectivity index (χ0) is 11.8. The first-order valence-corrected chi connectivity index (χ1v) is 6.88. The van der Waals surface area contributed by atoms with Crippen molar-refractivity contribution in [3.05, 3.63) is 12.2 Å². The van der Waals surface area contributed by atoms with Gasteiger partial charge in [0.2, 0.25) is 0 Å². The summed E-state index contributed by atoms with van der Waals surface area (Å²) in [5.41, 5.74) is 0.272. The summed E-state index contributed by atoms with van der Waals surface area (Å²) >= 11 is 0. The number of hydrogen-bond donors (Lipinski definition) is 0. The molecule has 0 aliphatic heterocycles. The Kier molecular flexibility index (Phi) is 1.66. The van der Waals surface area contributed by atoms with E-state index in [0.717, 1.165) is 24.2 Å². The Balaban J connectivity index is 1.77. The summed E-state index contributed by atoms with van der Waals surface area (Å²) in [7, 11) is 1.54. The fourth-order valence-electron chi connectivity index (χ4n) is 5.80. The molecule has 0 saturated heterocycles. The number of methoxy groups -OCH3 is 1. The molecule has 5 bridgehead atoms. The molecule has 0 N–H and O–H groups in total. The van der Waals surface area contributed by atoms with Crippen LogP contribution in [0, 0.1) is 34.5 Å². The Morgan fingerprint density at radius 1 is 1.35 bits per heavy atom. The molecule has 6 unspecified atom stereocenters. The normalized spacial score (nSPS) is 57.5. The minimum atomic E-state index is -0.206. The van der Waals surface area contributed by atoms with Gasteiger partial charge >= 0.3 is 5.97 Å². The van der Waals surface area contributed by atoms with Crippen LogP contribution < -0.4 is 0 Å². The van der Waals surface area contributed by atoms with Crippen LogP contribution in [0.3, 0.4) is 0 Å². The van der Waals surface area contributed by atoms with Gasteiger partial charge in [-0.05, 0) is 61.7 Å². The molecule has 6 atom stereocenters. The summed E-state index contributed by atoms with van der Waals surface area (Å²) in [4.78, 5) is 12.1. The van der Waals surface area contributed by atoms with Crippen molar-refractivity contribution in [2.24, 2.45) is 34.5 Å². The van der Waals surface area contributed by atoms with E-state index in [2.05, 4.69) is 19.1 Å². The van der Waals surface area contributed by atoms with Gasteiger partial charge in [-0.1, -0.05) is 12.2 Å². The van der Waals surface area contributed by atoms with Crippen molar-refractivity contribution in [3.8, 4) is 0 Å². The highest BCUT2D eigenvalue weighted by Crippen LogP contribution is 2.74. The Labute approximate surface area is 102 Å². The topological polar surface area (TPSA) is 26.3 Å². The van der Waals surface area contributed by atoms with Gasteiger partial charge in [-0.2, -0.15) is 0 Å². The first kappa shape index (κ1) is 10.2. The molecule has 17 heavy (non-hydrogen) atoms. The highest BCUT2D eigenvalue weighted by molar-refractivity contribution is 5.77. The number of hydrogen-bond acceptors (Lipinski definition) is 2. The summed E-state index contributed by atoms with van der Waals surface area (Å²) in [6.45, 7) is 2.15. The molecule has 0 aromatic heterocycles. The van der Waals surface area contributed by atoms with Crippen LogP contribution in [-0.2, 0) is 9.53 Å². The maximum Gasteiger partial charge on any atom is 0.311 e. The summed E-state index contributed by atoms with van der Waals surface area (Å²) in [6, 6.07) is 0.